The molecule has 3 fully saturated rings. The molecule has 0 N–H and O–H groups in total. The van der Waals surface area contributed by atoms with Crippen LogP contribution in [-0.2, 0) is 16.1 Å². The minimum atomic E-state index is 0.0712. The fourth-order valence-electron chi connectivity index (χ4n) is 6.44. The van der Waals surface area contributed by atoms with Crippen LogP contribution in [0.5, 0.6) is 0 Å². The third kappa shape index (κ3) is 4.66. The normalized spacial score (nSPS) is 26.1. The van der Waals surface area contributed by atoms with Crippen LogP contribution >= 0.6 is 0 Å². The third-order valence-electron chi connectivity index (χ3n) is 8.55. The highest BCUT2D eigenvalue weighted by Gasteiger charge is 2.35. The van der Waals surface area contributed by atoms with Gasteiger partial charge in [-0.2, -0.15) is 0 Å². The summed E-state index contributed by atoms with van der Waals surface area (Å²) in [6.45, 7) is 4.14. The zero-order valence-corrected chi connectivity index (χ0v) is 20.5. The van der Waals surface area contributed by atoms with Crippen LogP contribution in [0, 0.1) is 17.8 Å². The molecule has 7 nitrogen and oxygen atoms in total. The average molecular weight is 467 g/mol. The number of urea groups is 1. The first-order valence-corrected chi connectivity index (χ1v) is 13.2. The molecule has 0 unspecified atom stereocenters. The molecule has 5 rings (SSSR count). The van der Waals surface area contributed by atoms with Crippen LogP contribution in [0.4, 0.5) is 10.5 Å². The standard InChI is InChI=1S/C27H38N4O3/c1-28-24-9-5-4-8-23(24)19-31(27(28)34)18-20-10-12-22(13-11-20)26(33)30-16-14-29(15-17-30)25(32)21-6-2-3-7-21/h4-5,8-9,20-22H,2-3,6-7,10-19H2,1H3/t20-,22-. The second-order valence-electron chi connectivity index (χ2n) is 10.7. The van der Waals surface area contributed by atoms with Crippen molar-refractivity contribution in [2.45, 2.75) is 57.9 Å². The number of rotatable bonds is 4. The Morgan fingerprint density at radius 1 is 0.824 bits per heavy atom. The molecule has 2 aliphatic carbocycles. The molecule has 7 heteroatoms. The van der Waals surface area contributed by atoms with Crippen LogP contribution in [0.1, 0.15) is 56.9 Å². The highest BCUT2D eigenvalue weighted by Crippen LogP contribution is 2.34. The second-order valence-corrected chi connectivity index (χ2v) is 10.7. The monoisotopic (exact) mass is 466 g/mol. The van der Waals surface area contributed by atoms with Crippen LogP contribution < -0.4 is 4.90 Å². The van der Waals surface area contributed by atoms with Crippen molar-refractivity contribution in [3.05, 3.63) is 29.8 Å². The number of carbonyl (C=O) groups excluding carboxylic acids is 3. The van der Waals surface area contributed by atoms with Crippen LogP contribution in [0.2, 0.25) is 0 Å². The lowest BCUT2D eigenvalue weighted by Gasteiger charge is -2.40. The van der Waals surface area contributed by atoms with Crippen molar-refractivity contribution >= 4 is 23.5 Å². The molecule has 0 atom stereocenters. The van der Waals surface area contributed by atoms with E-state index in [1.54, 1.807) is 4.90 Å². The Kier molecular flexibility index (Phi) is 6.79. The van der Waals surface area contributed by atoms with Gasteiger partial charge in [0, 0.05) is 58.2 Å². The van der Waals surface area contributed by atoms with E-state index < -0.39 is 0 Å². The predicted octanol–water partition coefficient (Wildman–Crippen LogP) is 3.73. The van der Waals surface area contributed by atoms with Crippen molar-refractivity contribution in [1.29, 1.82) is 0 Å². The lowest BCUT2D eigenvalue weighted by atomic mass is 9.81. The van der Waals surface area contributed by atoms with E-state index in [1.165, 1.54) is 18.4 Å². The smallest absolute Gasteiger partial charge is 0.324 e. The van der Waals surface area contributed by atoms with E-state index in [-0.39, 0.29) is 23.8 Å². The SMILES string of the molecule is CN1C(=O)N(C[C@H]2CC[C@H](C(=O)N3CCN(C(=O)C4CCCC4)CC3)CC2)Cc2ccccc21. The topological polar surface area (TPSA) is 64.2 Å². The van der Waals surface area contributed by atoms with Crippen molar-refractivity contribution < 1.29 is 14.4 Å². The van der Waals surface area contributed by atoms with Crippen LogP contribution in [0.3, 0.4) is 0 Å². The third-order valence-corrected chi connectivity index (χ3v) is 8.55. The molecule has 1 aromatic carbocycles. The Morgan fingerprint density at radius 2 is 1.38 bits per heavy atom. The summed E-state index contributed by atoms with van der Waals surface area (Å²) in [4.78, 5) is 46.4. The predicted molar refractivity (Wildman–Crippen MR) is 131 cm³/mol. The Balaban J connectivity index is 1.08. The summed E-state index contributed by atoms with van der Waals surface area (Å²) in [5.74, 6) is 1.35. The average Bonchev–Trinajstić information content (AvgIpc) is 3.42. The minimum absolute atomic E-state index is 0.0712. The van der Waals surface area contributed by atoms with E-state index in [4.69, 9.17) is 0 Å². The molecule has 0 radical (unpaired) electrons. The summed E-state index contributed by atoms with van der Waals surface area (Å²) in [6, 6.07) is 8.18. The van der Waals surface area contributed by atoms with E-state index in [9.17, 15) is 14.4 Å². The molecule has 1 saturated heterocycles. The summed E-state index contributed by atoms with van der Waals surface area (Å²) in [5.41, 5.74) is 2.20. The molecular formula is C27H38N4O3. The molecule has 0 spiro atoms. The summed E-state index contributed by atoms with van der Waals surface area (Å²) in [6.07, 6.45) is 8.21. The van der Waals surface area contributed by atoms with Crippen molar-refractivity contribution in [1.82, 2.24) is 14.7 Å². The Labute approximate surface area is 203 Å². The van der Waals surface area contributed by atoms with Crippen LogP contribution in [0.25, 0.3) is 0 Å². The first kappa shape index (κ1) is 23.2. The lowest BCUT2D eigenvalue weighted by molar-refractivity contribution is -0.144. The van der Waals surface area contributed by atoms with Crippen LogP contribution in [0.15, 0.2) is 24.3 Å². The second kappa shape index (κ2) is 9.96. The summed E-state index contributed by atoms with van der Waals surface area (Å²) < 4.78 is 0. The molecule has 34 heavy (non-hydrogen) atoms. The number of nitrogens with zero attached hydrogens (tertiary/aromatic N) is 4. The molecule has 0 bridgehead atoms. The van der Waals surface area contributed by atoms with Gasteiger partial charge in [0.25, 0.3) is 0 Å². The van der Waals surface area contributed by atoms with Gasteiger partial charge in [0.1, 0.15) is 0 Å². The maximum Gasteiger partial charge on any atom is 0.324 e. The molecule has 4 aliphatic rings. The fraction of sp³-hybridized carbons (Fsp3) is 0.667. The molecule has 0 aromatic heterocycles. The van der Waals surface area contributed by atoms with Gasteiger partial charge in [0.05, 0.1) is 5.69 Å². The number of benzene rings is 1. The maximum atomic E-state index is 13.2. The minimum Gasteiger partial charge on any atom is -0.339 e. The Morgan fingerprint density at radius 3 is 2.00 bits per heavy atom. The Hall–Kier alpha value is -2.57. The lowest BCUT2D eigenvalue weighted by Crippen LogP contribution is -2.53. The number of para-hydroxylation sites is 1. The number of hydrogen-bond donors (Lipinski definition) is 0. The van der Waals surface area contributed by atoms with Gasteiger partial charge in [-0.05, 0) is 56.1 Å². The molecule has 1 aromatic rings. The van der Waals surface area contributed by atoms with Gasteiger partial charge in [-0.15, -0.1) is 0 Å². The van der Waals surface area contributed by atoms with Crippen molar-refractivity contribution in [3.8, 4) is 0 Å². The number of carbonyl (C=O) groups is 3. The van der Waals surface area contributed by atoms with Gasteiger partial charge in [0.2, 0.25) is 11.8 Å². The van der Waals surface area contributed by atoms with E-state index in [0.29, 0.717) is 44.5 Å². The van der Waals surface area contributed by atoms with Crippen molar-refractivity contribution in [2.75, 3.05) is 44.7 Å². The Bertz CT molecular complexity index is 912. The van der Waals surface area contributed by atoms with Gasteiger partial charge >= 0.3 is 6.03 Å². The summed E-state index contributed by atoms with van der Waals surface area (Å²) >= 11 is 0. The van der Waals surface area contributed by atoms with E-state index in [1.807, 2.05) is 39.9 Å². The fourth-order valence-corrected chi connectivity index (χ4v) is 6.44. The highest BCUT2D eigenvalue weighted by molar-refractivity contribution is 5.94. The van der Waals surface area contributed by atoms with Gasteiger partial charge in [-0.3, -0.25) is 14.5 Å². The quantitative estimate of drug-likeness (QED) is 0.679. The number of amides is 4. The first-order chi connectivity index (χ1) is 16.5. The van der Waals surface area contributed by atoms with Crippen molar-refractivity contribution in [2.24, 2.45) is 17.8 Å². The molecular weight excluding hydrogens is 428 g/mol. The van der Waals surface area contributed by atoms with Gasteiger partial charge in [-0.25, -0.2) is 4.79 Å². The van der Waals surface area contributed by atoms with Crippen LogP contribution in [-0.4, -0.2) is 72.3 Å². The summed E-state index contributed by atoms with van der Waals surface area (Å²) in [7, 11) is 1.85. The largest absolute Gasteiger partial charge is 0.339 e. The number of anilines is 1. The molecule has 2 saturated carbocycles. The first-order valence-electron chi connectivity index (χ1n) is 13.2. The van der Waals surface area contributed by atoms with Gasteiger partial charge in [-0.1, -0.05) is 31.0 Å². The maximum absolute atomic E-state index is 13.2. The van der Waals surface area contributed by atoms with E-state index in [0.717, 1.165) is 50.8 Å². The molecule has 184 valence electrons. The number of hydrogen-bond acceptors (Lipinski definition) is 3. The number of piperazine rings is 1. The van der Waals surface area contributed by atoms with E-state index >= 15 is 0 Å². The highest BCUT2D eigenvalue weighted by atomic mass is 16.2. The number of fused-ring (bicyclic) bond motifs is 1. The molecule has 2 aliphatic heterocycles. The molecule has 2 heterocycles. The van der Waals surface area contributed by atoms with Gasteiger partial charge < -0.3 is 14.7 Å². The summed E-state index contributed by atoms with van der Waals surface area (Å²) in [5, 5.41) is 0. The van der Waals surface area contributed by atoms with Gasteiger partial charge in [0.15, 0.2) is 0 Å². The zero-order valence-electron chi connectivity index (χ0n) is 20.5. The van der Waals surface area contributed by atoms with E-state index in [2.05, 4.69) is 6.07 Å². The molecule has 4 amide bonds. The van der Waals surface area contributed by atoms with Crippen molar-refractivity contribution in [3.63, 3.8) is 0 Å². The zero-order chi connectivity index (χ0) is 23.7.